The van der Waals surface area contributed by atoms with Gasteiger partial charge in [-0.05, 0) is 42.9 Å². The van der Waals surface area contributed by atoms with E-state index < -0.39 is 16.2 Å². The number of hydrogen-bond donors (Lipinski definition) is 1. The Balaban J connectivity index is 1.52. The van der Waals surface area contributed by atoms with E-state index in [4.69, 9.17) is 8.92 Å². The molecule has 3 rings (SSSR count). The molecule has 0 saturated heterocycles. The van der Waals surface area contributed by atoms with Gasteiger partial charge < -0.3 is 9.84 Å². The molecule has 2 aromatic rings. The maximum Gasteiger partial charge on any atom is 0.296 e. The Morgan fingerprint density at radius 3 is 2.39 bits per heavy atom. The first kappa shape index (κ1) is 21.0. The summed E-state index contributed by atoms with van der Waals surface area (Å²) in [5.41, 5.74) is 2.09. The van der Waals surface area contributed by atoms with Gasteiger partial charge in [-0.3, -0.25) is 4.18 Å². The number of hydrogen-bond acceptors (Lipinski definition) is 5. The minimum atomic E-state index is -3.82. The SMILES string of the molecule is Cc1ccc(S(=O)(=O)OC[C@H]2[C@H](C)[C@@H](COCc3ccccc3)C[C@@H]2O)cc1. The Hall–Kier alpha value is -1.73. The lowest BCUT2D eigenvalue weighted by Gasteiger charge is -2.21. The van der Waals surface area contributed by atoms with Gasteiger partial charge in [0.2, 0.25) is 0 Å². The zero-order valence-corrected chi connectivity index (χ0v) is 17.1. The second-order valence-electron chi connectivity index (χ2n) is 7.64. The van der Waals surface area contributed by atoms with Crippen LogP contribution >= 0.6 is 0 Å². The zero-order valence-electron chi connectivity index (χ0n) is 16.3. The van der Waals surface area contributed by atoms with Gasteiger partial charge in [0.1, 0.15) is 0 Å². The third kappa shape index (κ3) is 5.20. The minimum Gasteiger partial charge on any atom is -0.393 e. The molecule has 0 aromatic heterocycles. The second-order valence-corrected chi connectivity index (χ2v) is 9.25. The average Bonchev–Trinajstić information content (AvgIpc) is 2.94. The summed E-state index contributed by atoms with van der Waals surface area (Å²) in [5.74, 6) is 0.0546. The highest BCUT2D eigenvalue weighted by molar-refractivity contribution is 7.86. The number of aryl methyl sites for hydroxylation is 1. The standard InChI is InChI=1S/C22H28O5S/c1-16-8-10-20(11-9-16)28(24,25)27-15-21-17(2)19(12-22(21)23)14-26-13-18-6-4-3-5-7-18/h3-11,17,19,21-23H,12-15H2,1-2H3/t17-,19-,21+,22+/m1/s1. The molecule has 1 aliphatic carbocycles. The van der Waals surface area contributed by atoms with Gasteiger partial charge in [0.05, 0.1) is 30.8 Å². The fourth-order valence-electron chi connectivity index (χ4n) is 3.73. The molecule has 1 fully saturated rings. The van der Waals surface area contributed by atoms with Crippen LogP contribution in [-0.4, -0.2) is 32.8 Å². The summed E-state index contributed by atoms with van der Waals surface area (Å²) in [6, 6.07) is 16.5. The molecule has 5 nitrogen and oxygen atoms in total. The van der Waals surface area contributed by atoms with Crippen LogP contribution in [0.1, 0.15) is 24.5 Å². The van der Waals surface area contributed by atoms with Crippen molar-refractivity contribution in [1.29, 1.82) is 0 Å². The largest absolute Gasteiger partial charge is 0.393 e. The molecular formula is C22H28O5S. The van der Waals surface area contributed by atoms with Crippen molar-refractivity contribution in [3.63, 3.8) is 0 Å². The van der Waals surface area contributed by atoms with Crippen molar-refractivity contribution >= 4 is 10.1 Å². The van der Waals surface area contributed by atoms with Crippen molar-refractivity contribution in [1.82, 2.24) is 0 Å². The van der Waals surface area contributed by atoms with Crippen LogP contribution in [0.5, 0.6) is 0 Å². The molecule has 1 aliphatic rings. The molecular weight excluding hydrogens is 376 g/mol. The summed E-state index contributed by atoms with van der Waals surface area (Å²) in [6.45, 7) is 4.97. The van der Waals surface area contributed by atoms with Crippen LogP contribution in [0.15, 0.2) is 59.5 Å². The van der Waals surface area contributed by atoms with Crippen molar-refractivity contribution in [3.8, 4) is 0 Å². The molecule has 0 bridgehead atoms. The molecule has 0 radical (unpaired) electrons. The fourth-order valence-corrected chi connectivity index (χ4v) is 4.67. The van der Waals surface area contributed by atoms with E-state index in [-0.39, 0.29) is 29.3 Å². The Morgan fingerprint density at radius 2 is 1.71 bits per heavy atom. The van der Waals surface area contributed by atoms with Gasteiger partial charge in [0.15, 0.2) is 0 Å². The van der Waals surface area contributed by atoms with Crippen molar-refractivity contribution in [3.05, 3.63) is 65.7 Å². The lowest BCUT2D eigenvalue weighted by molar-refractivity contribution is 0.0692. The van der Waals surface area contributed by atoms with E-state index >= 15 is 0 Å². The molecule has 0 aliphatic heterocycles. The average molecular weight is 405 g/mol. The van der Waals surface area contributed by atoms with Gasteiger partial charge in [-0.15, -0.1) is 0 Å². The summed E-state index contributed by atoms with van der Waals surface area (Å²) in [7, 11) is -3.82. The lowest BCUT2D eigenvalue weighted by atomic mass is 9.92. The lowest BCUT2D eigenvalue weighted by Crippen LogP contribution is -2.26. The van der Waals surface area contributed by atoms with E-state index in [0.717, 1.165) is 11.1 Å². The van der Waals surface area contributed by atoms with E-state index in [1.54, 1.807) is 24.3 Å². The van der Waals surface area contributed by atoms with Crippen LogP contribution in [0.25, 0.3) is 0 Å². The van der Waals surface area contributed by atoms with Crippen LogP contribution in [0.3, 0.4) is 0 Å². The Labute approximate surface area is 167 Å². The first-order valence-electron chi connectivity index (χ1n) is 9.62. The third-order valence-corrected chi connectivity index (χ3v) is 6.92. The van der Waals surface area contributed by atoms with Crippen LogP contribution in [0.2, 0.25) is 0 Å². The van der Waals surface area contributed by atoms with Crippen LogP contribution < -0.4 is 0 Å². The molecule has 2 aromatic carbocycles. The van der Waals surface area contributed by atoms with Gasteiger partial charge in [-0.2, -0.15) is 8.42 Å². The number of benzene rings is 2. The number of aliphatic hydroxyl groups is 1. The second kappa shape index (κ2) is 9.18. The molecule has 0 amide bonds. The predicted octanol–water partition coefficient (Wildman–Crippen LogP) is 3.55. The number of rotatable bonds is 8. The molecule has 0 heterocycles. The van der Waals surface area contributed by atoms with E-state index in [0.29, 0.717) is 19.6 Å². The Kier molecular flexibility index (Phi) is 6.88. The van der Waals surface area contributed by atoms with Crippen LogP contribution in [-0.2, 0) is 25.6 Å². The van der Waals surface area contributed by atoms with Gasteiger partial charge in [0.25, 0.3) is 10.1 Å². The van der Waals surface area contributed by atoms with Gasteiger partial charge >= 0.3 is 0 Å². The van der Waals surface area contributed by atoms with E-state index in [1.165, 1.54) is 0 Å². The summed E-state index contributed by atoms with van der Waals surface area (Å²) < 4.78 is 35.9. The maximum absolute atomic E-state index is 12.4. The van der Waals surface area contributed by atoms with Crippen LogP contribution in [0, 0.1) is 24.7 Å². The molecule has 28 heavy (non-hydrogen) atoms. The summed E-state index contributed by atoms with van der Waals surface area (Å²) >= 11 is 0. The molecule has 1 saturated carbocycles. The van der Waals surface area contributed by atoms with Gasteiger partial charge in [-0.25, -0.2) is 0 Å². The maximum atomic E-state index is 12.4. The fraction of sp³-hybridized carbons (Fsp3) is 0.455. The number of aliphatic hydroxyl groups excluding tert-OH is 1. The molecule has 152 valence electrons. The summed E-state index contributed by atoms with van der Waals surface area (Å²) in [4.78, 5) is 0.140. The normalized spacial score (nSPS) is 25.1. The summed E-state index contributed by atoms with van der Waals surface area (Å²) in [6.07, 6.45) is 0.00252. The van der Waals surface area contributed by atoms with Gasteiger partial charge in [-0.1, -0.05) is 55.0 Å². The number of ether oxygens (including phenoxy) is 1. The molecule has 0 spiro atoms. The monoisotopic (exact) mass is 404 g/mol. The first-order chi connectivity index (χ1) is 13.4. The highest BCUT2D eigenvalue weighted by atomic mass is 32.2. The van der Waals surface area contributed by atoms with Crippen molar-refractivity contribution in [2.24, 2.45) is 17.8 Å². The van der Waals surface area contributed by atoms with E-state index in [9.17, 15) is 13.5 Å². The smallest absolute Gasteiger partial charge is 0.296 e. The Bertz CT molecular complexity index is 848. The van der Waals surface area contributed by atoms with Gasteiger partial charge in [0, 0.05) is 5.92 Å². The van der Waals surface area contributed by atoms with E-state index in [1.807, 2.05) is 44.2 Å². The molecule has 1 N–H and O–H groups in total. The van der Waals surface area contributed by atoms with E-state index in [2.05, 4.69) is 0 Å². The highest BCUT2D eigenvalue weighted by Gasteiger charge is 2.40. The third-order valence-electron chi connectivity index (χ3n) is 5.63. The van der Waals surface area contributed by atoms with Crippen molar-refractivity contribution in [2.45, 2.75) is 37.9 Å². The zero-order chi connectivity index (χ0) is 20.1. The quantitative estimate of drug-likeness (QED) is 0.681. The first-order valence-corrected chi connectivity index (χ1v) is 11.0. The van der Waals surface area contributed by atoms with Crippen molar-refractivity contribution in [2.75, 3.05) is 13.2 Å². The summed E-state index contributed by atoms with van der Waals surface area (Å²) in [5, 5.41) is 10.4. The minimum absolute atomic E-state index is 0.0201. The van der Waals surface area contributed by atoms with Crippen molar-refractivity contribution < 1.29 is 22.4 Å². The highest BCUT2D eigenvalue weighted by Crippen LogP contribution is 2.38. The molecule has 0 unspecified atom stereocenters. The molecule has 6 heteroatoms. The predicted molar refractivity (Wildman–Crippen MR) is 107 cm³/mol. The topological polar surface area (TPSA) is 72.8 Å². The Morgan fingerprint density at radius 1 is 1.04 bits per heavy atom. The van der Waals surface area contributed by atoms with Crippen LogP contribution in [0.4, 0.5) is 0 Å². The molecule has 4 atom stereocenters.